The fourth-order valence-electron chi connectivity index (χ4n) is 2.17. The molecule has 2 aromatic carbocycles. The van der Waals surface area contributed by atoms with Crippen LogP contribution in [0.4, 0.5) is 9.52 Å². The lowest BCUT2D eigenvalue weighted by Gasteiger charge is -2.07. The number of anilines is 1. The van der Waals surface area contributed by atoms with Crippen molar-refractivity contribution >= 4 is 26.5 Å². The van der Waals surface area contributed by atoms with Crippen LogP contribution in [0.2, 0.25) is 0 Å². The van der Waals surface area contributed by atoms with Crippen molar-refractivity contribution in [3.63, 3.8) is 0 Å². The van der Waals surface area contributed by atoms with Crippen molar-refractivity contribution in [1.29, 1.82) is 0 Å². The number of nitrogens with one attached hydrogen (secondary N) is 1. The highest BCUT2D eigenvalue weighted by Gasteiger charge is 2.17. The molecule has 0 fully saturated rings. The zero-order chi connectivity index (χ0) is 17.2. The number of rotatable bonds is 5. The molecular formula is C16H14FN3O2S2. The number of benzene rings is 2. The van der Waals surface area contributed by atoms with E-state index in [4.69, 9.17) is 5.73 Å². The highest BCUT2D eigenvalue weighted by atomic mass is 32.2. The summed E-state index contributed by atoms with van der Waals surface area (Å²) in [5, 5.41) is 0.366. The first-order valence-electron chi connectivity index (χ1n) is 7.01. The first kappa shape index (κ1) is 16.6. The number of halogens is 1. The van der Waals surface area contributed by atoms with Crippen LogP contribution in [0, 0.1) is 5.82 Å². The minimum atomic E-state index is -3.74. The van der Waals surface area contributed by atoms with Crippen LogP contribution >= 0.6 is 11.3 Å². The molecule has 8 heteroatoms. The number of sulfonamides is 1. The number of hydrogen-bond acceptors (Lipinski definition) is 5. The van der Waals surface area contributed by atoms with Gasteiger partial charge in [0.15, 0.2) is 5.13 Å². The number of thiazole rings is 1. The van der Waals surface area contributed by atoms with Gasteiger partial charge in [0, 0.05) is 17.0 Å². The van der Waals surface area contributed by atoms with E-state index in [2.05, 4.69) is 9.71 Å². The molecule has 0 unspecified atom stereocenters. The number of aromatic nitrogens is 1. The van der Waals surface area contributed by atoms with Crippen LogP contribution in [0.15, 0.2) is 59.5 Å². The van der Waals surface area contributed by atoms with Gasteiger partial charge in [0.05, 0.1) is 10.6 Å². The third-order valence-electron chi connectivity index (χ3n) is 3.31. The predicted octanol–water partition coefficient (Wildman–Crippen LogP) is 3.01. The van der Waals surface area contributed by atoms with Gasteiger partial charge in [-0.05, 0) is 24.3 Å². The van der Waals surface area contributed by atoms with E-state index < -0.39 is 15.8 Å². The third kappa shape index (κ3) is 3.61. The van der Waals surface area contributed by atoms with Crippen molar-refractivity contribution in [3.8, 4) is 11.3 Å². The molecule has 3 N–H and O–H groups in total. The second-order valence-corrected chi connectivity index (χ2v) is 7.85. The Morgan fingerprint density at radius 2 is 1.75 bits per heavy atom. The normalized spacial score (nSPS) is 11.5. The maximum Gasteiger partial charge on any atom is 0.240 e. The highest BCUT2D eigenvalue weighted by molar-refractivity contribution is 7.89. The van der Waals surface area contributed by atoms with Crippen LogP contribution in [-0.2, 0) is 16.6 Å². The summed E-state index contributed by atoms with van der Waals surface area (Å²) in [6, 6.07) is 14.0. The first-order chi connectivity index (χ1) is 11.5. The predicted molar refractivity (Wildman–Crippen MR) is 92.4 cm³/mol. The zero-order valence-electron chi connectivity index (χ0n) is 12.4. The van der Waals surface area contributed by atoms with Gasteiger partial charge in [-0.2, -0.15) is 0 Å². The van der Waals surface area contributed by atoms with E-state index in [0.717, 1.165) is 17.7 Å². The second kappa shape index (κ2) is 6.68. The maximum absolute atomic E-state index is 12.9. The SMILES string of the molecule is Nc1nc(-c2ccccc2)c(CNS(=O)(=O)c2ccc(F)cc2)s1. The maximum atomic E-state index is 12.9. The molecule has 5 nitrogen and oxygen atoms in total. The summed E-state index contributed by atoms with van der Waals surface area (Å²) >= 11 is 1.23. The third-order valence-corrected chi connectivity index (χ3v) is 5.61. The Morgan fingerprint density at radius 3 is 2.42 bits per heavy atom. The summed E-state index contributed by atoms with van der Waals surface area (Å²) < 4.78 is 40.0. The zero-order valence-corrected chi connectivity index (χ0v) is 14.1. The van der Waals surface area contributed by atoms with E-state index >= 15 is 0 Å². The number of nitrogen functional groups attached to an aromatic ring is 1. The minimum absolute atomic E-state index is 0.00245. The van der Waals surface area contributed by atoms with E-state index in [1.165, 1.54) is 23.5 Å². The van der Waals surface area contributed by atoms with E-state index in [1.54, 1.807) is 0 Å². The molecule has 0 saturated heterocycles. The largest absolute Gasteiger partial charge is 0.375 e. The van der Waals surface area contributed by atoms with Gasteiger partial charge in [0.25, 0.3) is 0 Å². The average molecular weight is 363 g/mol. The number of hydrogen-bond donors (Lipinski definition) is 2. The van der Waals surface area contributed by atoms with E-state index in [9.17, 15) is 12.8 Å². The van der Waals surface area contributed by atoms with E-state index in [-0.39, 0.29) is 11.4 Å². The van der Waals surface area contributed by atoms with Gasteiger partial charge < -0.3 is 5.73 Å². The van der Waals surface area contributed by atoms with Crippen molar-refractivity contribution in [2.24, 2.45) is 0 Å². The second-order valence-electron chi connectivity index (χ2n) is 4.97. The fourth-order valence-corrected chi connectivity index (χ4v) is 4.05. The van der Waals surface area contributed by atoms with Crippen molar-refractivity contribution in [2.75, 3.05) is 5.73 Å². The molecule has 3 rings (SSSR count). The van der Waals surface area contributed by atoms with E-state index in [0.29, 0.717) is 15.7 Å². The molecule has 3 aromatic rings. The Balaban J connectivity index is 1.84. The smallest absolute Gasteiger partial charge is 0.240 e. The van der Waals surface area contributed by atoms with Crippen LogP contribution in [-0.4, -0.2) is 13.4 Å². The Labute approximate surface area is 143 Å². The van der Waals surface area contributed by atoms with Gasteiger partial charge >= 0.3 is 0 Å². The van der Waals surface area contributed by atoms with Crippen molar-refractivity contribution in [3.05, 3.63) is 65.3 Å². The molecule has 1 heterocycles. The summed E-state index contributed by atoms with van der Waals surface area (Å²) in [4.78, 5) is 4.99. The van der Waals surface area contributed by atoms with Crippen molar-refractivity contribution in [2.45, 2.75) is 11.4 Å². The standard InChI is InChI=1S/C16H14FN3O2S2/c17-12-6-8-13(9-7-12)24(21,22)19-10-14-15(20-16(18)23-14)11-4-2-1-3-5-11/h1-9,19H,10H2,(H2,18,20). The summed E-state index contributed by atoms with van der Waals surface area (Å²) in [7, 11) is -3.74. The molecule has 0 bridgehead atoms. The van der Waals surface area contributed by atoms with Crippen molar-refractivity contribution in [1.82, 2.24) is 9.71 Å². The van der Waals surface area contributed by atoms with Crippen LogP contribution in [0.1, 0.15) is 4.88 Å². The lowest BCUT2D eigenvalue weighted by molar-refractivity contribution is 0.581. The summed E-state index contributed by atoms with van der Waals surface area (Å²) in [6.07, 6.45) is 0. The highest BCUT2D eigenvalue weighted by Crippen LogP contribution is 2.29. The van der Waals surface area contributed by atoms with Gasteiger partial charge in [-0.1, -0.05) is 30.3 Å². The Morgan fingerprint density at radius 1 is 1.08 bits per heavy atom. The van der Waals surface area contributed by atoms with Gasteiger partial charge in [-0.15, -0.1) is 11.3 Å². The Kier molecular flexibility index (Phi) is 4.61. The van der Waals surface area contributed by atoms with Crippen LogP contribution in [0.25, 0.3) is 11.3 Å². The fraction of sp³-hybridized carbons (Fsp3) is 0.0625. The Bertz CT molecular complexity index is 939. The molecule has 0 spiro atoms. The molecule has 24 heavy (non-hydrogen) atoms. The molecular weight excluding hydrogens is 349 g/mol. The molecule has 0 aliphatic carbocycles. The van der Waals surface area contributed by atoms with E-state index in [1.807, 2.05) is 30.3 Å². The molecule has 1 aromatic heterocycles. The van der Waals surface area contributed by atoms with Gasteiger partial charge in [-0.3, -0.25) is 0 Å². The monoisotopic (exact) mass is 363 g/mol. The summed E-state index contributed by atoms with van der Waals surface area (Å²) in [5.74, 6) is -0.490. The van der Waals surface area contributed by atoms with Gasteiger partial charge in [-0.25, -0.2) is 22.5 Å². The lowest BCUT2D eigenvalue weighted by Crippen LogP contribution is -2.23. The van der Waals surface area contributed by atoms with Gasteiger partial charge in [0.2, 0.25) is 10.0 Å². The topological polar surface area (TPSA) is 85.1 Å². The molecule has 0 aliphatic rings. The minimum Gasteiger partial charge on any atom is -0.375 e. The number of nitrogens with zero attached hydrogens (tertiary/aromatic N) is 1. The molecule has 0 amide bonds. The summed E-state index contributed by atoms with van der Waals surface area (Å²) in [5.41, 5.74) is 7.29. The van der Waals surface area contributed by atoms with Crippen LogP contribution < -0.4 is 10.5 Å². The molecule has 124 valence electrons. The molecule has 0 saturated carbocycles. The molecule has 0 radical (unpaired) electrons. The van der Waals surface area contributed by atoms with Crippen LogP contribution in [0.3, 0.4) is 0 Å². The summed E-state index contributed by atoms with van der Waals surface area (Å²) in [6.45, 7) is 0.0544. The molecule has 0 aliphatic heterocycles. The van der Waals surface area contributed by atoms with Crippen molar-refractivity contribution < 1.29 is 12.8 Å². The number of nitrogens with two attached hydrogens (primary N) is 1. The lowest BCUT2D eigenvalue weighted by atomic mass is 10.1. The van der Waals surface area contributed by atoms with Crippen LogP contribution in [0.5, 0.6) is 0 Å². The quantitative estimate of drug-likeness (QED) is 0.730. The molecule has 0 atom stereocenters. The first-order valence-corrected chi connectivity index (χ1v) is 9.31. The average Bonchev–Trinajstić information content (AvgIpc) is 2.95. The Hall–Kier alpha value is -2.29. The van der Waals surface area contributed by atoms with Gasteiger partial charge in [0.1, 0.15) is 5.82 Å².